The second-order valence-corrected chi connectivity index (χ2v) is 7.35. The van der Waals surface area contributed by atoms with E-state index in [-0.39, 0.29) is 12.2 Å². The van der Waals surface area contributed by atoms with Crippen LogP contribution in [0.25, 0.3) is 28.1 Å². The number of carboxylic acid groups (broad SMARTS) is 1. The molecule has 0 aliphatic rings. The summed E-state index contributed by atoms with van der Waals surface area (Å²) in [5.74, 6) is -1.42. The van der Waals surface area contributed by atoms with E-state index in [1.165, 1.54) is 12.1 Å². The smallest absolute Gasteiger partial charge is 0.305 e. The molecule has 3 N–H and O–H groups in total. The minimum Gasteiger partial charge on any atom is -0.481 e. The van der Waals surface area contributed by atoms with Gasteiger partial charge < -0.3 is 19.9 Å². The fourth-order valence-electron chi connectivity index (χ4n) is 3.73. The summed E-state index contributed by atoms with van der Waals surface area (Å²) in [6, 6.07) is 14.3. The molecule has 158 valence electrons. The highest BCUT2D eigenvalue weighted by molar-refractivity contribution is 6.00. The fourth-order valence-corrected chi connectivity index (χ4v) is 3.73. The molecule has 0 aliphatic carbocycles. The minimum atomic E-state index is -1.12. The number of para-hydroxylation sites is 1. The van der Waals surface area contributed by atoms with Crippen molar-refractivity contribution in [1.82, 2.24) is 4.57 Å². The number of carbonyl (C=O) groups is 1. The van der Waals surface area contributed by atoms with Crippen LogP contribution in [0.5, 0.6) is 0 Å². The monoisotopic (exact) mass is 411 g/mol. The Morgan fingerprint density at radius 2 is 1.83 bits per heavy atom. The normalized spacial score (nSPS) is 13.7. The van der Waals surface area contributed by atoms with E-state index in [1.54, 1.807) is 24.3 Å². The van der Waals surface area contributed by atoms with Crippen molar-refractivity contribution in [2.45, 2.75) is 44.9 Å². The number of aromatic nitrogens is 1. The lowest BCUT2D eigenvalue weighted by Crippen LogP contribution is -2.19. The van der Waals surface area contributed by atoms with Crippen LogP contribution in [-0.2, 0) is 11.3 Å². The zero-order valence-corrected chi connectivity index (χ0v) is 16.8. The van der Waals surface area contributed by atoms with E-state index in [4.69, 9.17) is 5.11 Å². The molecule has 0 radical (unpaired) electrons. The highest BCUT2D eigenvalue weighted by Crippen LogP contribution is 2.36. The summed E-state index contributed by atoms with van der Waals surface area (Å²) in [5, 5.41) is 29.9. The van der Waals surface area contributed by atoms with Crippen LogP contribution in [0.1, 0.15) is 31.9 Å². The molecule has 2 unspecified atom stereocenters. The molecule has 0 spiro atoms. The predicted octanol–water partition coefficient (Wildman–Crippen LogP) is 4.46. The largest absolute Gasteiger partial charge is 0.481 e. The van der Waals surface area contributed by atoms with Gasteiger partial charge in [0.05, 0.1) is 18.6 Å². The maximum absolute atomic E-state index is 13.5. The molecule has 0 saturated heterocycles. The molecule has 2 atom stereocenters. The van der Waals surface area contributed by atoms with Gasteiger partial charge in [-0.25, -0.2) is 4.39 Å². The lowest BCUT2D eigenvalue weighted by atomic mass is 10.0. The summed E-state index contributed by atoms with van der Waals surface area (Å²) in [4.78, 5) is 10.7. The van der Waals surface area contributed by atoms with Crippen molar-refractivity contribution in [2.75, 3.05) is 0 Å². The Morgan fingerprint density at radius 1 is 1.13 bits per heavy atom. The Morgan fingerprint density at radius 3 is 2.50 bits per heavy atom. The number of aliphatic hydroxyl groups is 2. The summed E-state index contributed by atoms with van der Waals surface area (Å²) in [7, 11) is 0. The number of hydrogen-bond donors (Lipinski definition) is 3. The number of hydrogen-bond acceptors (Lipinski definition) is 3. The van der Waals surface area contributed by atoms with Crippen LogP contribution >= 0.6 is 0 Å². The van der Waals surface area contributed by atoms with Crippen molar-refractivity contribution < 1.29 is 24.5 Å². The molecular formula is C24H26FNO4. The zero-order valence-electron chi connectivity index (χ0n) is 16.8. The van der Waals surface area contributed by atoms with Crippen LogP contribution in [0.2, 0.25) is 0 Å². The molecule has 0 amide bonds. The van der Waals surface area contributed by atoms with Crippen molar-refractivity contribution in [1.29, 1.82) is 0 Å². The quantitative estimate of drug-likeness (QED) is 0.486. The first-order chi connectivity index (χ1) is 14.4. The van der Waals surface area contributed by atoms with Crippen LogP contribution in [0.15, 0.2) is 54.6 Å². The van der Waals surface area contributed by atoms with Crippen molar-refractivity contribution in [3.05, 3.63) is 66.1 Å². The van der Waals surface area contributed by atoms with Crippen LogP contribution < -0.4 is 0 Å². The maximum Gasteiger partial charge on any atom is 0.305 e. The van der Waals surface area contributed by atoms with Crippen LogP contribution in [0.3, 0.4) is 0 Å². The van der Waals surface area contributed by atoms with Crippen LogP contribution in [-0.4, -0.2) is 38.1 Å². The zero-order chi connectivity index (χ0) is 21.7. The van der Waals surface area contributed by atoms with Gasteiger partial charge >= 0.3 is 5.97 Å². The number of nitrogens with zero attached hydrogens (tertiary/aromatic N) is 1. The van der Waals surface area contributed by atoms with E-state index in [2.05, 4.69) is 11.5 Å². The fraction of sp³-hybridized carbons (Fsp3) is 0.292. The van der Waals surface area contributed by atoms with E-state index < -0.39 is 24.6 Å². The van der Waals surface area contributed by atoms with Gasteiger partial charge in [-0.05, 0) is 36.3 Å². The first kappa shape index (κ1) is 21.7. The maximum atomic E-state index is 13.5. The molecular weight excluding hydrogens is 385 g/mol. The second-order valence-electron chi connectivity index (χ2n) is 7.35. The summed E-state index contributed by atoms with van der Waals surface area (Å²) in [5.41, 5.74) is 3.71. The molecule has 0 fully saturated rings. The van der Waals surface area contributed by atoms with Gasteiger partial charge in [0.1, 0.15) is 5.82 Å². The van der Waals surface area contributed by atoms with E-state index in [0.717, 1.165) is 40.7 Å². The van der Waals surface area contributed by atoms with E-state index in [0.29, 0.717) is 0 Å². The summed E-state index contributed by atoms with van der Waals surface area (Å²) >= 11 is 0. The number of aliphatic hydroxyl groups excluding tert-OH is 2. The molecule has 0 saturated carbocycles. The van der Waals surface area contributed by atoms with Gasteiger partial charge in [0.25, 0.3) is 0 Å². The standard InChI is InChI=1S/C24H26FNO4/c1-2-13-26-21-6-4-3-5-20(21)24(16-7-9-17(25)10-8-16)22(26)12-11-18(27)14-19(28)15-23(29)30/h3-12,18-19,27-28H,2,13-15H2,1H3,(H,29,30)/b12-11+. The number of fused-ring (bicyclic) bond motifs is 1. The molecule has 1 heterocycles. The third-order valence-corrected chi connectivity index (χ3v) is 4.99. The molecule has 30 heavy (non-hydrogen) atoms. The lowest BCUT2D eigenvalue weighted by Gasteiger charge is -2.12. The SMILES string of the molecule is CCCn1c(/C=C/C(O)CC(O)CC(=O)O)c(-c2ccc(F)cc2)c2ccccc21. The molecule has 3 aromatic rings. The summed E-state index contributed by atoms with van der Waals surface area (Å²) in [6.45, 7) is 2.84. The third kappa shape index (κ3) is 4.96. The van der Waals surface area contributed by atoms with Gasteiger partial charge in [0.2, 0.25) is 0 Å². The highest BCUT2D eigenvalue weighted by Gasteiger charge is 2.18. The Kier molecular flexibility index (Phi) is 7.03. The van der Waals surface area contributed by atoms with Crippen LogP contribution in [0, 0.1) is 5.82 Å². The van der Waals surface area contributed by atoms with Crippen molar-refractivity contribution in [3.8, 4) is 11.1 Å². The number of benzene rings is 2. The number of carboxylic acids is 1. The Labute approximate surface area is 174 Å². The second kappa shape index (κ2) is 9.69. The van der Waals surface area contributed by atoms with E-state index >= 15 is 0 Å². The number of aryl methyl sites for hydroxylation is 1. The van der Waals surface area contributed by atoms with E-state index in [1.807, 2.05) is 24.3 Å². The van der Waals surface area contributed by atoms with Crippen molar-refractivity contribution in [3.63, 3.8) is 0 Å². The molecule has 0 bridgehead atoms. The highest BCUT2D eigenvalue weighted by atomic mass is 19.1. The molecule has 1 aromatic heterocycles. The van der Waals surface area contributed by atoms with Crippen molar-refractivity contribution in [2.24, 2.45) is 0 Å². The average molecular weight is 411 g/mol. The number of aliphatic carboxylic acids is 1. The average Bonchev–Trinajstić information content (AvgIpc) is 3.00. The molecule has 5 nitrogen and oxygen atoms in total. The van der Waals surface area contributed by atoms with Crippen LogP contribution in [0.4, 0.5) is 4.39 Å². The van der Waals surface area contributed by atoms with Gasteiger partial charge in [-0.2, -0.15) is 0 Å². The molecule has 3 rings (SSSR count). The topological polar surface area (TPSA) is 82.7 Å². The third-order valence-electron chi connectivity index (χ3n) is 4.99. The molecule has 0 aliphatic heterocycles. The Bertz CT molecular complexity index is 1040. The van der Waals surface area contributed by atoms with E-state index in [9.17, 15) is 19.4 Å². The summed E-state index contributed by atoms with van der Waals surface area (Å²) < 4.78 is 15.6. The summed E-state index contributed by atoms with van der Waals surface area (Å²) in [6.07, 6.45) is 1.67. The molecule has 6 heteroatoms. The number of halogens is 1. The van der Waals surface area contributed by atoms with Gasteiger partial charge in [0.15, 0.2) is 0 Å². The van der Waals surface area contributed by atoms with Gasteiger partial charge in [0, 0.05) is 35.1 Å². The number of rotatable bonds is 9. The molecule has 2 aromatic carbocycles. The Hall–Kier alpha value is -2.96. The van der Waals surface area contributed by atoms with Crippen molar-refractivity contribution >= 4 is 22.9 Å². The lowest BCUT2D eigenvalue weighted by molar-refractivity contribution is -0.139. The predicted molar refractivity (Wildman–Crippen MR) is 116 cm³/mol. The van der Waals surface area contributed by atoms with Gasteiger partial charge in [-0.3, -0.25) is 4.79 Å². The van der Waals surface area contributed by atoms with Gasteiger partial charge in [-0.15, -0.1) is 0 Å². The first-order valence-electron chi connectivity index (χ1n) is 10.0. The first-order valence-corrected chi connectivity index (χ1v) is 10.0. The van der Waals surface area contributed by atoms with Gasteiger partial charge in [-0.1, -0.05) is 43.3 Å². The Balaban J connectivity index is 2.05. The minimum absolute atomic E-state index is 0.0668.